The third kappa shape index (κ3) is 7.58. The largest absolute Gasteiger partial charge is 0.354 e. The van der Waals surface area contributed by atoms with Crippen molar-refractivity contribution >= 4 is 55.1 Å². The Bertz CT molecular complexity index is 1350. The predicted molar refractivity (Wildman–Crippen MR) is 154 cm³/mol. The molecular weight excluding hydrogens is 590 g/mol. The second-order valence-electron chi connectivity index (χ2n) is 8.74. The molecule has 0 heterocycles. The van der Waals surface area contributed by atoms with Crippen LogP contribution in [0.5, 0.6) is 0 Å². The zero-order chi connectivity index (χ0) is 27.7. The molecule has 202 valence electrons. The lowest BCUT2D eigenvalue weighted by Crippen LogP contribution is -2.51. The molecule has 1 N–H and O–H groups in total. The minimum absolute atomic E-state index is 0.0403. The number of hydrogen-bond acceptors (Lipinski definition) is 4. The van der Waals surface area contributed by atoms with Crippen molar-refractivity contribution in [3.05, 3.63) is 93.9 Å². The van der Waals surface area contributed by atoms with Gasteiger partial charge in [0.2, 0.25) is 11.8 Å². The number of unbranched alkanes of at least 4 members (excludes halogenated alkanes) is 1. The maximum Gasteiger partial charge on any atom is 0.264 e. The van der Waals surface area contributed by atoms with Crippen LogP contribution >= 0.6 is 27.5 Å². The first-order valence-corrected chi connectivity index (χ1v) is 14.9. The lowest BCUT2D eigenvalue weighted by molar-refractivity contribution is -0.139. The fraction of sp³-hybridized carbons (Fsp3) is 0.286. The van der Waals surface area contributed by atoms with E-state index in [0.29, 0.717) is 27.3 Å². The Labute approximate surface area is 238 Å². The Kier molecular flexibility index (Phi) is 10.8. The molecule has 1 atom stereocenters. The van der Waals surface area contributed by atoms with E-state index >= 15 is 0 Å². The number of rotatable bonds is 12. The van der Waals surface area contributed by atoms with Gasteiger partial charge in [-0.25, -0.2) is 8.42 Å². The first-order valence-electron chi connectivity index (χ1n) is 12.3. The van der Waals surface area contributed by atoms with Crippen molar-refractivity contribution in [3.63, 3.8) is 0 Å². The number of amides is 2. The summed E-state index contributed by atoms with van der Waals surface area (Å²) < 4.78 is 29.2. The molecule has 3 rings (SSSR count). The Morgan fingerprint density at radius 3 is 2.34 bits per heavy atom. The predicted octanol–water partition coefficient (Wildman–Crippen LogP) is 5.63. The molecular formula is C28H31BrClN3O4S. The molecule has 0 fully saturated rings. The number of nitrogens with one attached hydrogen (secondary N) is 1. The van der Waals surface area contributed by atoms with Crippen LogP contribution in [-0.4, -0.2) is 44.3 Å². The first kappa shape index (κ1) is 29.7. The van der Waals surface area contributed by atoms with Crippen LogP contribution in [0.3, 0.4) is 0 Å². The minimum Gasteiger partial charge on any atom is -0.354 e. The lowest BCUT2D eigenvalue weighted by Gasteiger charge is -2.32. The Balaban J connectivity index is 2.00. The van der Waals surface area contributed by atoms with Crippen molar-refractivity contribution in [2.24, 2.45) is 0 Å². The van der Waals surface area contributed by atoms with Gasteiger partial charge in [0.05, 0.1) is 10.6 Å². The molecule has 7 nitrogen and oxygen atoms in total. The van der Waals surface area contributed by atoms with Crippen molar-refractivity contribution in [2.45, 2.75) is 44.2 Å². The second kappa shape index (κ2) is 13.8. The second-order valence-corrected chi connectivity index (χ2v) is 11.9. The maximum absolute atomic E-state index is 13.9. The third-order valence-electron chi connectivity index (χ3n) is 6.00. The monoisotopic (exact) mass is 619 g/mol. The fourth-order valence-electron chi connectivity index (χ4n) is 3.81. The number of halogens is 2. The van der Waals surface area contributed by atoms with Crippen LogP contribution in [-0.2, 0) is 26.2 Å². The smallest absolute Gasteiger partial charge is 0.264 e. The summed E-state index contributed by atoms with van der Waals surface area (Å²) in [5.74, 6) is -0.860. The Morgan fingerprint density at radius 2 is 1.68 bits per heavy atom. The quantitative estimate of drug-likeness (QED) is 0.266. The third-order valence-corrected chi connectivity index (χ3v) is 8.65. The van der Waals surface area contributed by atoms with Crippen LogP contribution in [0.25, 0.3) is 0 Å². The zero-order valence-electron chi connectivity index (χ0n) is 21.3. The van der Waals surface area contributed by atoms with Gasteiger partial charge in [-0.05, 0) is 55.3 Å². The highest BCUT2D eigenvalue weighted by Gasteiger charge is 2.32. The summed E-state index contributed by atoms with van der Waals surface area (Å²) in [5.41, 5.74) is 0.963. The van der Waals surface area contributed by atoms with Gasteiger partial charge in [0, 0.05) is 22.6 Å². The van der Waals surface area contributed by atoms with Crippen molar-refractivity contribution in [1.82, 2.24) is 10.2 Å². The zero-order valence-corrected chi connectivity index (χ0v) is 24.5. The fourth-order valence-corrected chi connectivity index (χ4v) is 5.82. The summed E-state index contributed by atoms with van der Waals surface area (Å²) in [6, 6.07) is 20.8. The van der Waals surface area contributed by atoms with Crippen LogP contribution in [0, 0.1) is 0 Å². The number of carbonyl (C=O) groups excluding carboxylic acids is 2. The van der Waals surface area contributed by atoms with E-state index in [2.05, 4.69) is 21.2 Å². The number of anilines is 1. The molecule has 38 heavy (non-hydrogen) atoms. The van der Waals surface area contributed by atoms with Gasteiger partial charge < -0.3 is 10.2 Å². The topological polar surface area (TPSA) is 86.8 Å². The van der Waals surface area contributed by atoms with Gasteiger partial charge >= 0.3 is 0 Å². The molecule has 0 unspecified atom stereocenters. The molecule has 2 amide bonds. The number of sulfonamides is 1. The molecule has 0 saturated carbocycles. The molecule has 3 aromatic rings. The van der Waals surface area contributed by atoms with E-state index in [1.165, 1.54) is 17.0 Å². The number of benzene rings is 3. The molecule has 10 heteroatoms. The average Bonchev–Trinajstić information content (AvgIpc) is 2.91. The van der Waals surface area contributed by atoms with Crippen molar-refractivity contribution < 1.29 is 18.0 Å². The van der Waals surface area contributed by atoms with Crippen molar-refractivity contribution in [2.75, 3.05) is 17.4 Å². The van der Waals surface area contributed by atoms with Crippen molar-refractivity contribution in [3.8, 4) is 0 Å². The van der Waals surface area contributed by atoms with Gasteiger partial charge in [-0.3, -0.25) is 13.9 Å². The highest BCUT2D eigenvalue weighted by molar-refractivity contribution is 9.10. The van der Waals surface area contributed by atoms with Crippen LogP contribution in [0.15, 0.2) is 88.2 Å². The summed E-state index contributed by atoms with van der Waals surface area (Å²) in [5, 5.41) is 3.31. The average molecular weight is 621 g/mol. The van der Waals surface area contributed by atoms with Gasteiger partial charge in [-0.1, -0.05) is 83.3 Å². The summed E-state index contributed by atoms with van der Waals surface area (Å²) in [6.45, 7) is 3.67. The molecule has 0 saturated heterocycles. The van der Waals surface area contributed by atoms with Crippen molar-refractivity contribution in [1.29, 1.82) is 0 Å². The van der Waals surface area contributed by atoms with E-state index in [9.17, 15) is 18.0 Å². The van der Waals surface area contributed by atoms with Crippen LogP contribution in [0.2, 0.25) is 5.02 Å². The maximum atomic E-state index is 13.9. The van der Waals surface area contributed by atoms with E-state index in [1.54, 1.807) is 73.7 Å². The van der Waals surface area contributed by atoms with E-state index in [-0.39, 0.29) is 17.3 Å². The molecule has 0 aliphatic rings. The van der Waals surface area contributed by atoms with Crippen LogP contribution in [0.4, 0.5) is 5.69 Å². The van der Waals surface area contributed by atoms with Crippen LogP contribution in [0.1, 0.15) is 32.3 Å². The van der Waals surface area contributed by atoms with E-state index in [4.69, 9.17) is 11.6 Å². The van der Waals surface area contributed by atoms with Gasteiger partial charge in [-0.2, -0.15) is 0 Å². The Hall–Kier alpha value is -2.88. The molecule has 0 aliphatic heterocycles. The molecule has 0 aliphatic carbocycles. The summed E-state index contributed by atoms with van der Waals surface area (Å²) in [6.07, 6.45) is 1.72. The first-order chi connectivity index (χ1) is 18.1. The van der Waals surface area contributed by atoms with Gasteiger partial charge in [0.1, 0.15) is 12.6 Å². The minimum atomic E-state index is -4.11. The SMILES string of the molecule is CCCCNC(=O)[C@H](C)N(Cc1ccccc1Cl)C(=O)CN(c1cccc(Br)c1)S(=O)(=O)c1ccccc1. The van der Waals surface area contributed by atoms with E-state index in [0.717, 1.165) is 17.1 Å². The van der Waals surface area contributed by atoms with E-state index < -0.39 is 28.5 Å². The highest BCUT2D eigenvalue weighted by atomic mass is 79.9. The molecule has 0 spiro atoms. The van der Waals surface area contributed by atoms with Gasteiger partial charge in [0.15, 0.2) is 0 Å². The number of nitrogens with zero attached hydrogens (tertiary/aromatic N) is 2. The van der Waals surface area contributed by atoms with Gasteiger partial charge in [-0.15, -0.1) is 0 Å². The standard InChI is InChI=1S/C28H31BrClN3O4S/c1-3-4-17-31-28(35)21(2)32(19-22-11-8-9-16-26(22)30)27(34)20-33(24-13-10-12-23(29)18-24)38(36,37)25-14-6-5-7-15-25/h5-16,18,21H,3-4,17,19-20H2,1-2H3,(H,31,35)/t21-/m0/s1. The number of hydrogen-bond donors (Lipinski definition) is 1. The Morgan fingerprint density at radius 1 is 1.00 bits per heavy atom. The summed E-state index contributed by atoms with van der Waals surface area (Å²) in [7, 11) is -4.11. The van der Waals surface area contributed by atoms with Crippen LogP contribution < -0.4 is 9.62 Å². The summed E-state index contributed by atoms with van der Waals surface area (Å²) >= 11 is 9.77. The molecule has 3 aromatic carbocycles. The summed E-state index contributed by atoms with van der Waals surface area (Å²) in [4.78, 5) is 28.3. The lowest BCUT2D eigenvalue weighted by atomic mass is 10.1. The molecule has 0 aromatic heterocycles. The molecule has 0 bridgehead atoms. The molecule has 0 radical (unpaired) electrons. The highest BCUT2D eigenvalue weighted by Crippen LogP contribution is 2.27. The van der Waals surface area contributed by atoms with Gasteiger partial charge in [0.25, 0.3) is 10.0 Å². The number of carbonyl (C=O) groups is 2. The normalized spacial score (nSPS) is 12.0. The van der Waals surface area contributed by atoms with E-state index in [1.807, 2.05) is 6.92 Å².